The third-order valence-electron chi connectivity index (χ3n) is 1.74. The van der Waals surface area contributed by atoms with Crippen molar-refractivity contribution in [2.24, 2.45) is 0 Å². The molecule has 2 nitrogen and oxygen atoms in total. The fourth-order valence-electron chi connectivity index (χ4n) is 0.972. The lowest BCUT2D eigenvalue weighted by molar-refractivity contribution is -0.115. The first kappa shape index (κ1) is 11.2. The van der Waals surface area contributed by atoms with E-state index in [1.54, 1.807) is 12.1 Å². The van der Waals surface area contributed by atoms with Crippen LogP contribution in [0.4, 0.5) is 10.1 Å². The van der Waals surface area contributed by atoms with Gasteiger partial charge in [0.2, 0.25) is 5.91 Å². The zero-order chi connectivity index (χ0) is 10.6. The number of rotatable bonds is 3. The van der Waals surface area contributed by atoms with Gasteiger partial charge < -0.3 is 5.32 Å². The summed E-state index contributed by atoms with van der Waals surface area (Å²) in [6, 6.07) is 5.82. The molecule has 0 bridgehead atoms. The van der Waals surface area contributed by atoms with Crippen molar-refractivity contribution in [2.45, 2.75) is 18.2 Å². The zero-order valence-corrected chi connectivity index (χ0v) is 9.34. The molecule has 1 rings (SSSR count). The van der Waals surface area contributed by atoms with E-state index in [2.05, 4.69) is 21.2 Å². The van der Waals surface area contributed by atoms with Crippen molar-refractivity contribution in [3.05, 3.63) is 30.1 Å². The highest BCUT2D eigenvalue weighted by molar-refractivity contribution is 9.10. The van der Waals surface area contributed by atoms with E-state index in [1.807, 2.05) is 6.92 Å². The van der Waals surface area contributed by atoms with E-state index in [0.717, 1.165) is 0 Å². The maximum absolute atomic E-state index is 12.7. The molecule has 0 saturated heterocycles. The fourth-order valence-corrected chi connectivity index (χ4v) is 1.09. The third-order valence-corrected chi connectivity index (χ3v) is 2.80. The molecule has 14 heavy (non-hydrogen) atoms. The number of nitrogens with one attached hydrogen (secondary N) is 1. The van der Waals surface area contributed by atoms with Crippen LogP contribution in [0.15, 0.2) is 24.3 Å². The van der Waals surface area contributed by atoms with E-state index in [0.29, 0.717) is 12.1 Å². The average Bonchev–Trinajstić information content (AvgIpc) is 2.16. The Morgan fingerprint density at radius 1 is 1.64 bits per heavy atom. The predicted octanol–water partition coefficient (Wildman–Crippen LogP) is 2.94. The first-order valence-corrected chi connectivity index (χ1v) is 5.25. The summed E-state index contributed by atoms with van der Waals surface area (Å²) in [4.78, 5) is 11.1. The van der Waals surface area contributed by atoms with E-state index in [1.165, 1.54) is 12.1 Å². The summed E-state index contributed by atoms with van der Waals surface area (Å²) in [5.41, 5.74) is 0.480. The lowest BCUT2D eigenvalue weighted by Gasteiger charge is -2.08. The van der Waals surface area contributed by atoms with Gasteiger partial charge in [0.15, 0.2) is 0 Å². The van der Waals surface area contributed by atoms with Crippen LogP contribution in [0.5, 0.6) is 0 Å². The van der Waals surface area contributed by atoms with Crippen LogP contribution in [0.1, 0.15) is 13.3 Å². The zero-order valence-electron chi connectivity index (χ0n) is 7.76. The highest BCUT2D eigenvalue weighted by Gasteiger charge is 2.11. The Hall–Kier alpha value is -0.900. The van der Waals surface area contributed by atoms with Gasteiger partial charge in [-0.1, -0.05) is 28.9 Å². The molecule has 1 atom stereocenters. The number of halogens is 2. The standard InChI is InChI=1S/C10H11BrFNO/c1-2-9(11)10(14)13-8-5-3-4-7(12)6-8/h3-6,9H,2H2,1H3,(H,13,14). The summed E-state index contributed by atoms with van der Waals surface area (Å²) in [6.07, 6.45) is 0.696. The molecule has 76 valence electrons. The lowest BCUT2D eigenvalue weighted by Crippen LogP contribution is -2.21. The van der Waals surface area contributed by atoms with Gasteiger partial charge in [0.05, 0.1) is 4.83 Å². The number of anilines is 1. The van der Waals surface area contributed by atoms with E-state index >= 15 is 0 Å². The Balaban J connectivity index is 2.65. The van der Waals surface area contributed by atoms with Gasteiger partial charge in [-0.05, 0) is 24.6 Å². The van der Waals surface area contributed by atoms with E-state index in [9.17, 15) is 9.18 Å². The Bertz CT molecular complexity index is 330. The minimum absolute atomic E-state index is 0.155. The normalized spacial score (nSPS) is 12.2. The number of carbonyl (C=O) groups excluding carboxylic acids is 1. The maximum atomic E-state index is 12.7. The molecule has 1 amide bonds. The summed E-state index contributed by atoms with van der Waals surface area (Å²) >= 11 is 3.21. The van der Waals surface area contributed by atoms with Crippen molar-refractivity contribution >= 4 is 27.5 Å². The Morgan fingerprint density at radius 3 is 2.93 bits per heavy atom. The SMILES string of the molecule is CCC(Br)C(=O)Nc1cccc(F)c1. The first-order valence-electron chi connectivity index (χ1n) is 4.34. The van der Waals surface area contributed by atoms with Crippen LogP contribution in [0.2, 0.25) is 0 Å². The molecule has 0 spiro atoms. The molecule has 1 N–H and O–H groups in total. The summed E-state index contributed by atoms with van der Waals surface area (Å²) in [7, 11) is 0. The topological polar surface area (TPSA) is 29.1 Å². The Kier molecular flexibility index (Phi) is 4.07. The summed E-state index contributed by atoms with van der Waals surface area (Å²) in [6.45, 7) is 1.89. The predicted molar refractivity (Wildman–Crippen MR) is 58.0 cm³/mol. The van der Waals surface area contributed by atoms with Crippen molar-refractivity contribution in [2.75, 3.05) is 5.32 Å². The van der Waals surface area contributed by atoms with Crippen LogP contribution in [-0.4, -0.2) is 10.7 Å². The number of hydrogen-bond donors (Lipinski definition) is 1. The van der Waals surface area contributed by atoms with E-state index in [4.69, 9.17) is 0 Å². The molecule has 4 heteroatoms. The van der Waals surface area contributed by atoms with Crippen molar-refractivity contribution in [3.8, 4) is 0 Å². The Labute approximate surface area is 90.6 Å². The molecule has 0 aliphatic carbocycles. The van der Waals surface area contributed by atoms with Crippen LogP contribution < -0.4 is 5.32 Å². The molecule has 0 aromatic heterocycles. The number of benzene rings is 1. The number of amides is 1. The van der Waals surface area contributed by atoms with Crippen molar-refractivity contribution in [1.82, 2.24) is 0 Å². The smallest absolute Gasteiger partial charge is 0.238 e. The highest BCUT2D eigenvalue weighted by atomic mass is 79.9. The molecule has 1 aromatic rings. The minimum atomic E-state index is -0.356. The van der Waals surface area contributed by atoms with E-state index in [-0.39, 0.29) is 16.6 Å². The average molecular weight is 260 g/mol. The lowest BCUT2D eigenvalue weighted by atomic mass is 10.3. The molecule has 0 saturated carbocycles. The number of carbonyl (C=O) groups is 1. The van der Waals surface area contributed by atoms with Crippen LogP contribution >= 0.6 is 15.9 Å². The van der Waals surface area contributed by atoms with Gasteiger partial charge in [-0.25, -0.2) is 4.39 Å². The first-order chi connectivity index (χ1) is 6.63. The van der Waals surface area contributed by atoms with E-state index < -0.39 is 0 Å². The van der Waals surface area contributed by atoms with Gasteiger partial charge in [0, 0.05) is 5.69 Å². The van der Waals surface area contributed by atoms with Gasteiger partial charge in [-0.3, -0.25) is 4.79 Å². The molecule has 0 aliphatic heterocycles. The van der Waals surface area contributed by atoms with Crippen molar-refractivity contribution in [1.29, 1.82) is 0 Å². The second-order valence-electron chi connectivity index (χ2n) is 2.88. The van der Waals surface area contributed by atoms with Crippen LogP contribution in [0, 0.1) is 5.82 Å². The molecule has 0 heterocycles. The maximum Gasteiger partial charge on any atom is 0.238 e. The second kappa shape index (κ2) is 5.10. The van der Waals surface area contributed by atoms with Crippen molar-refractivity contribution < 1.29 is 9.18 Å². The molecule has 0 aliphatic rings. The molecule has 0 radical (unpaired) electrons. The quantitative estimate of drug-likeness (QED) is 0.832. The van der Waals surface area contributed by atoms with Gasteiger partial charge in [-0.2, -0.15) is 0 Å². The third kappa shape index (κ3) is 3.10. The monoisotopic (exact) mass is 259 g/mol. The van der Waals surface area contributed by atoms with Crippen molar-refractivity contribution in [3.63, 3.8) is 0 Å². The van der Waals surface area contributed by atoms with Gasteiger partial charge >= 0.3 is 0 Å². The van der Waals surface area contributed by atoms with Crippen LogP contribution in [-0.2, 0) is 4.79 Å². The summed E-state index contributed by atoms with van der Waals surface area (Å²) in [5.74, 6) is -0.511. The largest absolute Gasteiger partial charge is 0.325 e. The molecule has 0 fully saturated rings. The van der Waals surface area contributed by atoms with Gasteiger partial charge in [-0.15, -0.1) is 0 Å². The highest BCUT2D eigenvalue weighted by Crippen LogP contribution is 2.12. The van der Waals surface area contributed by atoms with Crippen LogP contribution in [0.3, 0.4) is 0 Å². The molecular formula is C10H11BrFNO. The number of alkyl halides is 1. The van der Waals surface area contributed by atoms with Gasteiger partial charge in [0.1, 0.15) is 5.82 Å². The molecular weight excluding hydrogens is 249 g/mol. The summed E-state index contributed by atoms with van der Waals surface area (Å²) in [5, 5.41) is 2.61. The molecule has 1 aromatic carbocycles. The molecule has 1 unspecified atom stereocenters. The Morgan fingerprint density at radius 2 is 2.36 bits per heavy atom. The number of hydrogen-bond acceptors (Lipinski definition) is 1. The summed E-state index contributed by atoms with van der Waals surface area (Å²) < 4.78 is 12.7. The second-order valence-corrected chi connectivity index (χ2v) is 3.98. The minimum Gasteiger partial charge on any atom is -0.325 e. The van der Waals surface area contributed by atoms with Crippen LogP contribution in [0.25, 0.3) is 0 Å². The van der Waals surface area contributed by atoms with Gasteiger partial charge in [0.25, 0.3) is 0 Å². The fraction of sp³-hybridized carbons (Fsp3) is 0.300.